The minimum atomic E-state index is -0.247. The van der Waals surface area contributed by atoms with Gasteiger partial charge < -0.3 is 15.0 Å². The Labute approximate surface area is 172 Å². The molecule has 7 nitrogen and oxygen atoms in total. The molecule has 3 aromatic heterocycles. The van der Waals surface area contributed by atoms with Crippen molar-refractivity contribution in [2.24, 2.45) is 0 Å². The number of amides is 1. The number of nitrogens with zero attached hydrogens (tertiary/aromatic N) is 4. The van der Waals surface area contributed by atoms with Gasteiger partial charge in [-0.2, -0.15) is 5.10 Å². The third-order valence-electron chi connectivity index (χ3n) is 5.11. The molecule has 0 aliphatic heterocycles. The molecule has 30 heavy (non-hydrogen) atoms. The molecule has 5 aromatic rings. The first-order chi connectivity index (χ1) is 14.7. The van der Waals surface area contributed by atoms with Crippen molar-refractivity contribution in [1.82, 2.24) is 19.2 Å². The minimum Gasteiger partial charge on any atom is -0.392 e. The number of aromatic nitrogens is 4. The van der Waals surface area contributed by atoms with Crippen LogP contribution in [0.2, 0.25) is 0 Å². The fraction of sp³-hybridized carbons (Fsp3) is 0.0870. The topological polar surface area (TPSA) is 84.5 Å². The second-order valence-corrected chi connectivity index (χ2v) is 7.08. The second kappa shape index (κ2) is 7.46. The monoisotopic (exact) mass is 397 g/mol. The van der Waals surface area contributed by atoms with E-state index >= 15 is 0 Å². The van der Waals surface area contributed by atoms with E-state index in [1.807, 2.05) is 48.7 Å². The van der Waals surface area contributed by atoms with Crippen molar-refractivity contribution < 1.29 is 9.90 Å². The van der Waals surface area contributed by atoms with Crippen LogP contribution in [0.3, 0.4) is 0 Å². The molecule has 0 fully saturated rings. The molecule has 0 radical (unpaired) electrons. The van der Waals surface area contributed by atoms with Crippen LogP contribution in [0.25, 0.3) is 16.6 Å². The summed E-state index contributed by atoms with van der Waals surface area (Å²) in [5, 5.41) is 17.4. The van der Waals surface area contributed by atoms with E-state index in [1.54, 1.807) is 24.5 Å². The van der Waals surface area contributed by atoms with Crippen molar-refractivity contribution in [3.8, 4) is 0 Å². The number of nitrogens with one attached hydrogen (secondary N) is 1. The Bertz CT molecular complexity index is 1350. The average molecular weight is 397 g/mol. The summed E-state index contributed by atoms with van der Waals surface area (Å²) in [5.74, 6) is -0.247. The average Bonchev–Trinajstić information content (AvgIpc) is 3.41. The SMILES string of the molecule is O=C(Nc1ccc2ccn(Cc3ccc(CO)cc3)c2c1)c1ccnc2ccnn12. The van der Waals surface area contributed by atoms with Gasteiger partial charge in [0.05, 0.1) is 18.3 Å². The highest BCUT2D eigenvalue weighted by atomic mass is 16.3. The van der Waals surface area contributed by atoms with Crippen molar-refractivity contribution in [2.45, 2.75) is 13.2 Å². The molecule has 0 spiro atoms. The van der Waals surface area contributed by atoms with Crippen molar-refractivity contribution in [3.05, 3.63) is 96.1 Å². The van der Waals surface area contributed by atoms with Gasteiger partial charge in [-0.1, -0.05) is 30.3 Å². The molecule has 1 amide bonds. The first-order valence-corrected chi connectivity index (χ1v) is 9.59. The molecule has 0 saturated carbocycles. The lowest BCUT2D eigenvalue weighted by atomic mass is 10.1. The Balaban J connectivity index is 1.42. The van der Waals surface area contributed by atoms with Gasteiger partial charge in [-0.25, -0.2) is 9.50 Å². The molecule has 3 heterocycles. The third kappa shape index (κ3) is 3.31. The quantitative estimate of drug-likeness (QED) is 0.476. The van der Waals surface area contributed by atoms with Crippen LogP contribution in [0.15, 0.2) is 79.3 Å². The summed E-state index contributed by atoms with van der Waals surface area (Å²) in [6.07, 6.45) is 5.25. The molecule has 0 aliphatic rings. The van der Waals surface area contributed by atoms with E-state index < -0.39 is 0 Å². The zero-order valence-corrected chi connectivity index (χ0v) is 16.1. The van der Waals surface area contributed by atoms with Crippen LogP contribution in [0, 0.1) is 0 Å². The van der Waals surface area contributed by atoms with Crippen molar-refractivity contribution >= 4 is 28.1 Å². The fourth-order valence-corrected chi connectivity index (χ4v) is 3.55. The van der Waals surface area contributed by atoms with Gasteiger partial charge in [-0.15, -0.1) is 0 Å². The molecule has 7 heteroatoms. The molecule has 148 valence electrons. The highest BCUT2D eigenvalue weighted by Gasteiger charge is 2.12. The van der Waals surface area contributed by atoms with E-state index in [2.05, 4.69) is 26.0 Å². The predicted molar refractivity (Wildman–Crippen MR) is 114 cm³/mol. The van der Waals surface area contributed by atoms with E-state index in [-0.39, 0.29) is 12.5 Å². The van der Waals surface area contributed by atoms with E-state index in [4.69, 9.17) is 0 Å². The van der Waals surface area contributed by atoms with E-state index in [1.165, 1.54) is 4.52 Å². The number of hydrogen-bond acceptors (Lipinski definition) is 4. The number of benzene rings is 2. The van der Waals surface area contributed by atoms with Gasteiger partial charge in [0, 0.05) is 30.7 Å². The summed E-state index contributed by atoms with van der Waals surface area (Å²) in [5.41, 5.74) is 4.81. The molecule has 0 aliphatic carbocycles. The molecular formula is C23H19N5O2. The summed E-state index contributed by atoms with van der Waals surface area (Å²) in [6, 6.07) is 19.2. The molecule has 0 unspecified atom stereocenters. The van der Waals surface area contributed by atoms with Crippen LogP contribution in [0.5, 0.6) is 0 Å². The number of aliphatic hydroxyl groups excluding tert-OH is 1. The number of carbonyl (C=O) groups excluding carboxylic acids is 1. The van der Waals surface area contributed by atoms with Gasteiger partial charge in [0.15, 0.2) is 5.65 Å². The summed E-state index contributed by atoms with van der Waals surface area (Å²) in [6.45, 7) is 0.739. The minimum absolute atomic E-state index is 0.0398. The first-order valence-electron chi connectivity index (χ1n) is 9.59. The number of aliphatic hydroxyl groups is 1. The second-order valence-electron chi connectivity index (χ2n) is 7.08. The van der Waals surface area contributed by atoms with Crippen LogP contribution in [0.4, 0.5) is 5.69 Å². The van der Waals surface area contributed by atoms with Gasteiger partial charge >= 0.3 is 0 Å². The molecular weight excluding hydrogens is 378 g/mol. The molecule has 5 rings (SSSR count). The van der Waals surface area contributed by atoms with Gasteiger partial charge in [-0.05, 0) is 40.8 Å². The Kier molecular flexibility index (Phi) is 4.49. The predicted octanol–water partition coefficient (Wildman–Crippen LogP) is 3.48. The summed E-state index contributed by atoms with van der Waals surface area (Å²) < 4.78 is 3.66. The number of rotatable bonds is 5. The highest BCUT2D eigenvalue weighted by Crippen LogP contribution is 2.22. The largest absolute Gasteiger partial charge is 0.392 e. The zero-order valence-electron chi connectivity index (χ0n) is 16.1. The summed E-state index contributed by atoms with van der Waals surface area (Å²) in [7, 11) is 0. The summed E-state index contributed by atoms with van der Waals surface area (Å²) in [4.78, 5) is 17.0. The summed E-state index contributed by atoms with van der Waals surface area (Å²) >= 11 is 0. The number of carbonyl (C=O) groups is 1. The molecule has 0 bridgehead atoms. The Morgan fingerprint density at radius 2 is 1.80 bits per heavy atom. The smallest absolute Gasteiger partial charge is 0.274 e. The Hall–Kier alpha value is -3.97. The van der Waals surface area contributed by atoms with Crippen molar-refractivity contribution in [3.63, 3.8) is 0 Å². The molecule has 2 N–H and O–H groups in total. The van der Waals surface area contributed by atoms with Crippen LogP contribution in [0.1, 0.15) is 21.6 Å². The van der Waals surface area contributed by atoms with Crippen molar-refractivity contribution in [2.75, 3.05) is 5.32 Å². The lowest BCUT2D eigenvalue weighted by Crippen LogP contribution is -2.16. The maximum absolute atomic E-state index is 12.8. The lowest BCUT2D eigenvalue weighted by molar-refractivity contribution is 0.102. The lowest BCUT2D eigenvalue weighted by Gasteiger charge is -2.10. The zero-order chi connectivity index (χ0) is 20.5. The third-order valence-corrected chi connectivity index (χ3v) is 5.11. The normalized spacial score (nSPS) is 11.2. The van der Waals surface area contributed by atoms with Crippen LogP contribution < -0.4 is 5.32 Å². The van der Waals surface area contributed by atoms with Gasteiger partial charge in [0.1, 0.15) is 5.69 Å². The van der Waals surface area contributed by atoms with E-state index in [0.29, 0.717) is 23.6 Å². The maximum atomic E-state index is 12.8. The molecule has 0 saturated heterocycles. The Morgan fingerprint density at radius 1 is 0.967 bits per heavy atom. The van der Waals surface area contributed by atoms with Gasteiger partial charge in [0.25, 0.3) is 5.91 Å². The molecule has 0 atom stereocenters. The van der Waals surface area contributed by atoms with Crippen molar-refractivity contribution in [1.29, 1.82) is 0 Å². The van der Waals surface area contributed by atoms with E-state index in [0.717, 1.165) is 22.0 Å². The van der Waals surface area contributed by atoms with Crippen LogP contribution in [-0.4, -0.2) is 30.2 Å². The first kappa shape index (κ1) is 18.1. The number of anilines is 1. The fourth-order valence-electron chi connectivity index (χ4n) is 3.55. The van der Waals surface area contributed by atoms with Crippen LogP contribution >= 0.6 is 0 Å². The number of hydrogen-bond donors (Lipinski definition) is 2. The Morgan fingerprint density at radius 3 is 2.63 bits per heavy atom. The number of fused-ring (bicyclic) bond motifs is 2. The standard InChI is InChI=1S/C23H19N5O2/c29-15-17-3-1-16(2-4-17)14-27-12-9-18-5-6-19(13-21(18)27)26-23(30)20-7-10-24-22-8-11-25-28(20)22/h1-13,29H,14-15H2,(H,26,30). The van der Waals surface area contributed by atoms with Gasteiger partial charge in [-0.3, -0.25) is 4.79 Å². The van der Waals surface area contributed by atoms with Gasteiger partial charge in [0.2, 0.25) is 0 Å². The maximum Gasteiger partial charge on any atom is 0.274 e. The van der Waals surface area contributed by atoms with E-state index in [9.17, 15) is 9.90 Å². The van der Waals surface area contributed by atoms with Crippen LogP contribution in [-0.2, 0) is 13.2 Å². The highest BCUT2D eigenvalue weighted by molar-refractivity contribution is 6.04. The molecule has 2 aromatic carbocycles.